The monoisotopic (exact) mass is 460 g/mol. The van der Waals surface area contributed by atoms with Crippen molar-refractivity contribution in [3.8, 4) is 0 Å². The van der Waals surface area contributed by atoms with E-state index < -0.39 is 0 Å². The molecule has 8 atom stereocenters. The van der Waals surface area contributed by atoms with E-state index in [9.17, 15) is 0 Å². The summed E-state index contributed by atoms with van der Waals surface area (Å²) in [5.41, 5.74) is 5.90. The van der Waals surface area contributed by atoms with Crippen LogP contribution in [-0.4, -0.2) is 0 Å². The van der Waals surface area contributed by atoms with E-state index in [0.717, 1.165) is 41.4 Å². The molecule has 4 aliphatic rings. The molecule has 0 N–H and O–H groups in total. The summed E-state index contributed by atoms with van der Waals surface area (Å²) in [6.07, 6.45) is 18.6. The first-order valence-corrected chi connectivity index (χ1v) is 15.0. The lowest BCUT2D eigenvalue weighted by atomic mass is 9.46. The molecule has 0 aromatic heterocycles. The lowest BCUT2D eigenvalue weighted by Crippen LogP contribution is -2.50. The zero-order valence-electron chi connectivity index (χ0n) is 23.2. The van der Waals surface area contributed by atoms with Crippen molar-refractivity contribution in [2.75, 3.05) is 0 Å². The van der Waals surface area contributed by atoms with E-state index in [-0.39, 0.29) is 0 Å². The van der Waals surface area contributed by atoms with Crippen LogP contribution in [0.1, 0.15) is 122 Å². The van der Waals surface area contributed by atoms with E-state index in [2.05, 4.69) is 71.9 Å². The van der Waals surface area contributed by atoms with Crippen LogP contribution in [0, 0.1) is 53.3 Å². The van der Waals surface area contributed by atoms with Gasteiger partial charge >= 0.3 is 0 Å². The minimum Gasteiger partial charge on any atom is -0.0845 e. The fourth-order valence-corrected chi connectivity index (χ4v) is 9.81. The quantitative estimate of drug-likeness (QED) is 0.370. The molecule has 0 bridgehead atoms. The van der Waals surface area contributed by atoms with Crippen molar-refractivity contribution in [2.45, 2.75) is 118 Å². The second-order valence-corrected chi connectivity index (χ2v) is 14.1. The predicted octanol–water partition coefficient (Wildman–Crippen LogP) is 10.1. The van der Waals surface area contributed by atoms with E-state index in [1.807, 2.05) is 5.57 Å². The average molecular weight is 461 g/mol. The fourth-order valence-electron chi connectivity index (χ4n) is 9.81. The highest BCUT2D eigenvalue weighted by molar-refractivity contribution is 5.32. The van der Waals surface area contributed by atoms with Gasteiger partial charge in [0, 0.05) is 0 Å². The molecule has 188 valence electrons. The smallest absolute Gasteiger partial charge is 0.00848 e. The minimum atomic E-state index is 0.479. The van der Waals surface area contributed by atoms with Gasteiger partial charge in [-0.05, 0) is 116 Å². The van der Waals surface area contributed by atoms with Gasteiger partial charge in [0.25, 0.3) is 0 Å². The van der Waals surface area contributed by atoms with Gasteiger partial charge in [0.15, 0.2) is 0 Å². The number of fused-ring (bicyclic) bond motifs is 5. The van der Waals surface area contributed by atoms with Crippen LogP contribution in [0.3, 0.4) is 0 Å². The lowest BCUT2D eigenvalue weighted by molar-refractivity contribution is -0.0510. The van der Waals surface area contributed by atoms with Crippen LogP contribution in [0.4, 0.5) is 0 Å². The van der Waals surface area contributed by atoms with Gasteiger partial charge in [-0.1, -0.05) is 95.4 Å². The average Bonchev–Trinajstić information content (AvgIpc) is 3.16. The van der Waals surface area contributed by atoms with Crippen LogP contribution in [-0.2, 0) is 0 Å². The van der Waals surface area contributed by atoms with Gasteiger partial charge in [-0.15, -0.1) is 0 Å². The van der Waals surface area contributed by atoms with Crippen LogP contribution in [0.5, 0.6) is 0 Å². The summed E-state index contributed by atoms with van der Waals surface area (Å²) in [5, 5.41) is 0. The number of hydrogen-bond donors (Lipinski definition) is 0. The third kappa shape index (κ3) is 4.24. The number of benzene rings is 1. The van der Waals surface area contributed by atoms with Gasteiger partial charge in [-0.25, -0.2) is 0 Å². The summed E-state index contributed by atoms with van der Waals surface area (Å²) in [6, 6.07) is 9.44. The van der Waals surface area contributed by atoms with Crippen LogP contribution in [0.15, 0.2) is 35.9 Å². The molecule has 0 aliphatic heterocycles. The molecule has 4 aliphatic carbocycles. The van der Waals surface area contributed by atoms with Gasteiger partial charge in [0.05, 0.1) is 0 Å². The topological polar surface area (TPSA) is 0 Å². The van der Waals surface area contributed by atoms with Gasteiger partial charge < -0.3 is 0 Å². The van der Waals surface area contributed by atoms with Crippen molar-refractivity contribution in [3.05, 3.63) is 47.0 Å². The molecule has 0 heteroatoms. The molecule has 0 spiro atoms. The first-order valence-electron chi connectivity index (χ1n) is 15.0. The van der Waals surface area contributed by atoms with Crippen LogP contribution < -0.4 is 0 Å². The lowest BCUT2D eigenvalue weighted by Gasteiger charge is -2.58. The molecule has 1 aromatic rings. The maximum Gasteiger partial charge on any atom is -0.00848 e. The van der Waals surface area contributed by atoms with Crippen molar-refractivity contribution in [1.82, 2.24) is 0 Å². The Balaban J connectivity index is 1.30. The van der Waals surface area contributed by atoms with Crippen molar-refractivity contribution >= 4 is 0 Å². The Morgan fingerprint density at radius 2 is 1.65 bits per heavy atom. The summed E-state index contributed by atoms with van der Waals surface area (Å²) in [6.45, 7) is 15.0. The molecule has 0 saturated heterocycles. The molecule has 0 nitrogen and oxygen atoms in total. The summed E-state index contributed by atoms with van der Waals surface area (Å²) in [5.74, 6) is 6.37. The molecule has 0 unspecified atom stereocenters. The highest BCUT2D eigenvalue weighted by Crippen LogP contribution is 2.68. The molecule has 0 amide bonds. The molecular formula is C34H52. The van der Waals surface area contributed by atoms with Gasteiger partial charge in [0.1, 0.15) is 0 Å². The Labute approximate surface area is 211 Å². The molecular weight excluding hydrogens is 408 g/mol. The first kappa shape index (κ1) is 24.6. The Hall–Kier alpha value is -1.04. The molecule has 34 heavy (non-hydrogen) atoms. The highest BCUT2D eigenvalue weighted by Gasteiger charge is 2.59. The standard InChI is InChI=1S/C34H52/c1-23(2)8-7-9-25(4)30-16-17-31-29-15-14-28-22-27(26-12-10-24(3)11-13-26)18-20-33(28,5)32(29)19-21-34(30,31)6/h10-14,23,25,27,29-32H,7-9,15-22H2,1-6H3/t25-,27+,29+,30-,31+,32+,33+,34-/m1/s1. The minimum absolute atomic E-state index is 0.479. The SMILES string of the molecule is Cc1ccc([C@H]2CC[C@@]3(C)C(=CC[C@H]4[C@@H]5CC[C@H]([C@H](C)CCCC(C)C)[C@@]5(C)CC[C@@H]43)C2)cc1. The normalized spacial score (nSPS) is 40.3. The molecule has 3 fully saturated rings. The third-order valence-corrected chi connectivity index (χ3v) is 11.9. The molecule has 0 heterocycles. The van der Waals surface area contributed by atoms with Crippen LogP contribution >= 0.6 is 0 Å². The molecule has 3 saturated carbocycles. The summed E-state index contributed by atoms with van der Waals surface area (Å²) in [7, 11) is 0. The Morgan fingerprint density at radius 1 is 0.882 bits per heavy atom. The predicted molar refractivity (Wildman–Crippen MR) is 147 cm³/mol. The van der Waals surface area contributed by atoms with Crippen molar-refractivity contribution in [3.63, 3.8) is 0 Å². The molecule has 5 rings (SSSR count). The second-order valence-electron chi connectivity index (χ2n) is 14.1. The van der Waals surface area contributed by atoms with Crippen molar-refractivity contribution in [1.29, 1.82) is 0 Å². The maximum absolute atomic E-state index is 2.77. The van der Waals surface area contributed by atoms with Crippen molar-refractivity contribution < 1.29 is 0 Å². The maximum atomic E-state index is 2.77. The number of aryl methyl sites for hydroxylation is 1. The van der Waals surface area contributed by atoms with Gasteiger partial charge in [0.2, 0.25) is 0 Å². The fraction of sp³-hybridized carbons (Fsp3) is 0.765. The summed E-state index contributed by atoms with van der Waals surface area (Å²) in [4.78, 5) is 0. The summed E-state index contributed by atoms with van der Waals surface area (Å²) < 4.78 is 0. The summed E-state index contributed by atoms with van der Waals surface area (Å²) >= 11 is 0. The largest absolute Gasteiger partial charge is 0.0845 e. The molecule has 0 radical (unpaired) electrons. The number of hydrogen-bond acceptors (Lipinski definition) is 0. The van der Waals surface area contributed by atoms with Gasteiger partial charge in [-0.2, -0.15) is 0 Å². The zero-order chi connectivity index (χ0) is 24.1. The Kier molecular flexibility index (Phi) is 6.84. The molecule has 1 aromatic carbocycles. The highest BCUT2D eigenvalue weighted by atomic mass is 14.6. The van der Waals surface area contributed by atoms with E-state index >= 15 is 0 Å². The Morgan fingerprint density at radius 3 is 2.38 bits per heavy atom. The van der Waals surface area contributed by atoms with E-state index in [1.165, 1.54) is 76.2 Å². The first-order chi connectivity index (χ1) is 16.2. The zero-order valence-corrected chi connectivity index (χ0v) is 23.2. The van der Waals surface area contributed by atoms with Crippen molar-refractivity contribution in [2.24, 2.45) is 46.3 Å². The number of rotatable bonds is 6. The van der Waals surface area contributed by atoms with E-state index in [4.69, 9.17) is 0 Å². The number of allylic oxidation sites excluding steroid dienone is 2. The van der Waals surface area contributed by atoms with Crippen LogP contribution in [0.2, 0.25) is 0 Å². The second kappa shape index (κ2) is 9.44. The third-order valence-electron chi connectivity index (χ3n) is 11.9. The van der Waals surface area contributed by atoms with Gasteiger partial charge in [-0.3, -0.25) is 0 Å². The van der Waals surface area contributed by atoms with E-state index in [1.54, 1.807) is 5.56 Å². The van der Waals surface area contributed by atoms with E-state index in [0.29, 0.717) is 10.8 Å². The van der Waals surface area contributed by atoms with Crippen LogP contribution in [0.25, 0.3) is 0 Å². The Bertz CT molecular complexity index is 874.